The monoisotopic (exact) mass is 257 g/mol. The van der Waals surface area contributed by atoms with Gasteiger partial charge in [0.2, 0.25) is 0 Å². The summed E-state index contributed by atoms with van der Waals surface area (Å²) in [6.07, 6.45) is 1.79. The smallest absolute Gasteiger partial charge is 0.126 e. The summed E-state index contributed by atoms with van der Waals surface area (Å²) in [6, 6.07) is 2.00. The lowest BCUT2D eigenvalue weighted by Crippen LogP contribution is -2.39. The van der Waals surface area contributed by atoms with E-state index in [0.29, 0.717) is 6.54 Å². The predicted octanol–water partition coefficient (Wildman–Crippen LogP) is 2.30. The van der Waals surface area contributed by atoms with Gasteiger partial charge in [-0.2, -0.15) is 0 Å². The zero-order valence-corrected chi connectivity index (χ0v) is 10.4. The fourth-order valence-electron chi connectivity index (χ4n) is 0.954. The van der Waals surface area contributed by atoms with E-state index in [-0.39, 0.29) is 5.54 Å². The fraction of sp³-hybridized carbons (Fsp3) is 0.500. The van der Waals surface area contributed by atoms with Crippen molar-refractivity contribution in [3.8, 4) is 0 Å². The van der Waals surface area contributed by atoms with E-state index in [1.807, 2.05) is 26.8 Å². The molecule has 0 fully saturated rings. The molecule has 1 rings (SSSR count). The van der Waals surface area contributed by atoms with E-state index >= 15 is 0 Å². The Morgan fingerprint density at radius 2 is 2.21 bits per heavy atom. The Labute approximate surface area is 93.2 Å². The molecular formula is C10H16BrN3. The first-order valence-electron chi connectivity index (χ1n) is 4.53. The number of anilines is 1. The van der Waals surface area contributed by atoms with Crippen LogP contribution in [-0.4, -0.2) is 17.1 Å². The molecule has 0 aliphatic heterocycles. The van der Waals surface area contributed by atoms with Crippen LogP contribution in [0.5, 0.6) is 0 Å². The number of aromatic nitrogens is 1. The number of halogens is 1. The molecule has 0 unspecified atom stereocenters. The van der Waals surface area contributed by atoms with Crippen molar-refractivity contribution in [1.29, 1.82) is 0 Å². The van der Waals surface area contributed by atoms with Gasteiger partial charge in [0.15, 0.2) is 0 Å². The van der Waals surface area contributed by atoms with Crippen LogP contribution >= 0.6 is 15.9 Å². The van der Waals surface area contributed by atoms with Gasteiger partial charge in [-0.05, 0) is 48.3 Å². The minimum absolute atomic E-state index is 0.220. The van der Waals surface area contributed by atoms with Gasteiger partial charge in [0, 0.05) is 22.8 Å². The molecular weight excluding hydrogens is 242 g/mol. The molecule has 0 spiro atoms. The largest absolute Gasteiger partial charge is 0.368 e. The molecule has 0 saturated heterocycles. The standard InChI is InChI=1S/C10H16BrN3/c1-7-4-9(13-5-8(7)11)14-6-10(2,3)12/h4-5H,6,12H2,1-3H3,(H,13,14). The van der Waals surface area contributed by atoms with E-state index in [9.17, 15) is 0 Å². The Morgan fingerprint density at radius 1 is 1.57 bits per heavy atom. The normalized spacial score (nSPS) is 11.5. The number of hydrogen-bond acceptors (Lipinski definition) is 3. The highest BCUT2D eigenvalue weighted by molar-refractivity contribution is 9.10. The van der Waals surface area contributed by atoms with Gasteiger partial charge in [-0.25, -0.2) is 4.98 Å². The van der Waals surface area contributed by atoms with Crippen molar-refractivity contribution >= 4 is 21.7 Å². The Bertz CT molecular complexity index is 318. The minimum Gasteiger partial charge on any atom is -0.368 e. The zero-order chi connectivity index (χ0) is 10.8. The molecule has 1 heterocycles. The first kappa shape index (κ1) is 11.5. The summed E-state index contributed by atoms with van der Waals surface area (Å²) in [4.78, 5) is 4.23. The van der Waals surface area contributed by atoms with Gasteiger partial charge in [0.25, 0.3) is 0 Å². The Morgan fingerprint density at radius 3 is 2.71 bits per heavy atom. The maximum absolute atomic E-state index is 5.85. The van der Waals surface area contributed by atoms with Gasteiger partial charge in [-0.3, -0.25) is 0 Å². The summed E-state index contributed by atoms with van der Waals surface area (Å²) in [5, 5.41) is 3.20. The molecule has 4 heteroatoms. The van der Waals surface area contributed by atoms with Crippen molar-refractivity contribution in [3.05, 3.63) is 22.3 Å². The topological polar surface area (TPSA) is 50.9 Å². The Kier molecular flexibility index (Phi) is 3.50. The van der Waals surface area contributed by atoms with Crippen molar-refractivity contribution in [2.24, 2.45) is 5.73 Å². The van der Waals surface area contributed by atoms with Crippen molar-refractivity contribution in [1.82, 2.24) is 4.98 Å². The number of hydrogen-bond donors (Lipinski definition) is 2. The number of nitrogens with zero attached hydrogens (tertiary/aromatic N) is 1. The van der Waals surface area contributed by atoms with Crippen LogP contribution < -0.4 is 11.1 Å². The molecule has 0 aliphatic carbocycles. The minimum atomic E-state index is -0.220. The van der Waals surface area contributed by atoms with Crippen molar-refractivity contribution in [3.63, 3.8) is 0 Å². The zero-order valence-electron chi connectivity index (χ0n) is 8.76. The van der Waals surface area contributed by atoms with Gasteiger partial charge in [-0.1, -0.05) is 0 Å². The maximum atomic E-state index is 5.85. The van der Waals surface area contributed by atoms with Crippen LogP contribution in [0.15, 0.2) is 16.7 Å². The molecule has 0 saturated carbocycles. The molecule has 1 aromatic heterocycles. The highest BCUT2D eigenvalue weighted by Crippen LogP contribution is 2.17. The second-order valence-corrected chi connectivity index (χ2v) is 5.02. The van der Waals surface area contributed by atoms with Crippen LogP contribution in [0.2, 0.25) is 0 Å². The first-order chi connectivity index (χ1) is 6.38. The molecule has 78 valence electrons. The van der Waals surface area contributed by atoms with Crippen LogP contribution in [0.4, 0.5) is 5.82 Å². The summed E-state index contributed by atoms with van der Waals surface area (Å²) >= 11 is 3.40. The molecule has 0 bridgehead atoms. The van der Waals surface area contributed by atoms with Crippen LogP contribution in [0.1, 0.15) is 19.4 Å². The summed E-state index contributed by atoms with van der Waals surface area (Å²) in [7, 11) is 0. The molecule has 1 aromatic rings. The second kappa shape index (κ2) is 4.28. The van der Waals surface area contributed by atoms with E-state index in [1.54, 1.807) is 6.20 Å². The first-order valence-corrected chi connectivity index (χ1v) is 5.33. The van der Waals surface area contributed by atoms with Gasteiger partial charge < -0.3 is 11.1 Å². The molecule has 3 nitrogen and oxygen atoms in total. The molecule has 0 aromatic carbocycles. The van der Waals surface area contributed by atoms with Crippen LogP contribution in [0.25, 0.3) is 0 Å². The number of nitrogens with one attached hydrogen (secondary N) is 1. The summed E-state index contributed by atoms with van der Waals surface area (Å²) in [5.41, 5.74) is 6.80. The molecule has 14 heavy (non-hydrogen) atoms. The fourth-order valence-corrected chi connectivity index (χ4v) is 1.17. The lowest BCUT2D eigenvalue weighted by atomic mass is 10.1. The van der Waals surface area contributed by atoms with E-state index in [2.05, 4.69) is 26.2 Å². The number of aryl methyl sites for hydroxylation is 1. The highest BCUT2D eigenvalue weighted by atomic mass is 79.9. The summed E-state index contributed by atoms with van der Waals surface area (Å²) in [6.45, 7) is 6.70. The third-order valence-electron chi connectivity index (χ3n) is 1.77. The predicted molar refractivity (Wildman–Crippen MR) is 63.4 cm³/mol. The van der Waals surface area contributed by atoms with E-state index in [4.69, 9.17) is 5.73 Å². The van der Waals surface area contributed by atoms with Crippen LogP contribution in [-0.2, 0) is 0 Å². The number of nitrogens with two attached hydrogens (primary N) is 1. The average molecular weight is 258 g/mol. The Hall–Kier alpha value is -0.610. The second-order valence-electron chi connectivity index (χ2n) is 4.16. The van der Waals surface area contributed by atoms with E-state index in [0.717, 1.165) is 15.9 Å². The molecule has 0 amide bonds. The summed E-state index contributed by atoms with van der Waals surface area (Å²) in [5.74, 6) is 0.865. The third-order valence-corrected chi connectivity index (χ3v) is 2.60. The number of pyridine rings is 1. The van der Waals surface area contributed by atoms with Gasteiger partial charge in [-0.15, -0.1) is 0 Å². The van der Waals surface area contributed by atoms with E-state index in [1.165, 1.54) is 0 Å². The van der Waals surface area contributed by atoms with Crippen LogP contribution in [0.3, 0.4) is 0 Å². The summed E-state index contributed by atoms with van der Waals surface area (Å²) < 4.78 is 1.02. The van der Waals surface area contributed by atoms with Crippen LogP contribution in [0, 0.1) is 6.92 Å². The molecule has 3 N–H and O–H groups in total. The van der Waals surface area contributed by atoms with Crippen molar-refractivity contribution < 1.29 is 0 Å². The lowest BCUT2D eigenvalue weighted by Gasteiger charge is -2.19. The maximum Gasteiger partial charge on any atom is 0.126 e. The van der Waals surface area contributed by atoms with Gasteiger partial charge in [0.1, 0.15) is 5.82 Å². The molecule has 0 aliphatic rings. The van der Waals surface area contributed by atoms with Gasteiger partial charge in [0.05, 0.1) is 0 Å². The lowest BCUT2D eigenvalue weighted by molar-refractivity contribution is 0.548. The quantitative estimate of drug-likeness (QED) is 0.874. The Balaban J connectivity index is 2.65. The highest BCUT2D eigenvalue weighted by Gasteiger charge is 2.10. The average Bonchev–Trinajstić information content (AvgIpc) is 2.06. The molecule has 0 radical (unpaired) electrons. The number of rotatable bonds is 3. The van der Waals surface area contributed by atoms with E-state index < -0.39 is 0 Å². The van der Waals surface area contributed by atoms with Crippen molar-refractivity contribution in [2.45, 2.75) is 26.3 Å². The van der Waals surface area contributed by atoms with Crippen molar-refractivity contribution in [2.75, 3.05) is 11.9 Å². The SMILES string of the molecule is Cc1cc(NCC(C)(C)N)ncc1Br. The molecule has 0 atom stereocenters. The van der Waals surface area contributed by atoms with Gasteiger partial charge >= 0.3 is 0 Å². The third kappa shape index (κ3) is 3.64.